The molecule has 16 heavy (non-hydrogen) atoms. The van der Waals surface area contributed by atoms with Crippen LogP contribution in [0.15, 0.2) is 24.3 Å². The fourth-order valence-electron chi connectivity index (χ4n) is 1.55. The molecule has 0 aliphatic rings. The van der Waals surface area contributed by atoms with Crippen LogP contribution in [0.25, 0.3) is 0 Å². The topological polar surface area (TPSA) is 47.3 Å². The van der Waals surface area contributed by atoms with Crippen molar-refractivity contribution in [3.8, 4) is 5.75 Å². The normalized spacial score (nSPS) is 16.6. The molecule has 0 aliphatic carbocycles. The van der Waals surface area contributed by atoms with Gasteiger partial charge in [-0.2, -0.15) is 0 Å². The molecule has 3 heteroatoms. The van der Waals surface area contributed by atoms with Crippen molar-refractivity contribution in [3.05, 3.63) is 29.8 Å². The molecule has 1 aromatic carbocycles. The van der Waals surface area contributed by atoms with E-state index in [0.717, 1.165) is 5.75 Å². The lowest BCUT2D eigenvalue weighted by Gasteiger charge is -2.23. The van der Waals surface area contributed by atoms with Crippen LogP contribution in [0.4, 0.5) is 0 Å². The Hall–Kier alpha value is -1.06. The Bertz CT molecular complexity index is 325. The molecule has 1 aromatic rings. The number of rotatable bonds is 5. The minimum atomic E-state index is 0.146. The molecular weight excluding hydrogens is 200 g/mol. The number of methoxy groups -OCH3 is 1. The Morgan fingerprint density at radius 1 is 1.25 bits per heavy atom. The van der Waals surface area contributed by atoms with E-state index in [4.69, 9.17) is 10.5 Å². The van der Waals surface area contributed by atoms with Crippen LogP contribution in [-0.4, -0.2) is 19.2 Å². The first-order chi connectivity index (χ1) is 7.54. The molecule has 0 heterocycles. The van der Waals surface area contributed by atoms with E-state index < -0.39 is 0 Å². The van der Waals surface area contributed by atoms with E-state index in [-0.39, 0.29) is 12.1 Å². The molecule has 0 spiro atoms. The van der Waals surface area contributed by atoms with Gasteiger partial charge in [0.25, 0.3) is 0 Å². The maximum absolute atomic E-state index is 5.83. The van der Waals surface area contributed by atoms with E-state index in [9.17, 15) is 0 Å². The standard InChI is InChI=1S/C13H22N2O/c1-9(14)10(2)15-11(3)12-6-5-7-13(8-12)16-4/h5-11,15H,14H2,1-4H3. The van der Waals surface area contributed by atoms with Gasteiger partial charge in [0.15, 0.2) is 0 Å². The number of ether oxygens (including phenoxy) is 1. The van der Waals surface area contributed by atoms with E-state index in [1.165, 1.54) is 5.56 Å². The monoisotopic (exact) mass is 222 g/mol. The lowest BCUT2D eigenvalue weighted by molar-refractivity contribution is 0.409. The van der Waals surface area contributed by atoms with E-state index >= 15 is 0 Å². The van der Waals surface area contributed by atoms with Gasteiger partial charge in [0.1, 0.15) is 5.75 Å². The molecule has 0 bridgehead atoms. The second-order valence-electron chi connectivity index (χ2n) is 4.31. The highest BCUT2D eigenvalue weighted by molar-refractivity contribution is 5.30. The Labute approximate surface area is 98.0 Å². The highest BCUT2D eigenvalue weighted by atomic mass is 16.5. The predicted octanol–water partition coefficient (Wildman–Crippen LogP) is 2.08. The molecule has 0 saturated heterocycles. The first-order valence-corrected chi connectivity index (χ1v) is 5.70. The quantitative estimate of drug-likeness (QED) is 0.802. The number of hydrogen-bond donors (Lipinski definition) is 2. The second-order valence-corrected chi connectivity index (χ2v) is 4.31. The summed E-state index contributed by atoms with van der Waals surface area (Å²) in [6, 6.07) is 8.80. The summed E-state index contributed by atoms with van der Waals surface area (Å²) < 4.78 is 5.20. The summed E-state index contributed by atoms with van der Waals surface area (Å²) in [5.74, 6) is 0.889. The van der Waals surface area contributed by atoms with Crippen molar-refractivity contribution in [1.82, 2.24) is 5.32 Å². The van der Waals surface area contributed by atoms with Crippen molar-refractivity contribution in [1.29, 1.82) is 0 Å². The third-order valence-electron chi connectivity index (χ3n) is 2.90. The van der Waals surface area contributed by atoms with Crippen LogP contribution in [-0.2, 0) is 0 Å². The molecule has 3 N–H and O–H groups in total. The lowest BCUT2D eigenvalue weighted by atomic mass is 10.1. The van der Waals surface area contributed by atoms with Crippen LogP contribution in [0.1, 0.15) is 32.4 Å². The van der Waals surface area contributed by atoms with Crippen molar-refractivity contribution in [3.63, 3.8) is 0 Å². The molecule has 3 unspecified atom stereocenters. The van der Waals surface area contributed by atoms with Crippen LogP contribution >= 0.6 is 0 Å². The number of benzene rings is 1. The minimum absolute atomic E-state index is 0.146. The summed E-state index contributed by atoms with van der Waals surface area (Å²) in [5, 5.41) is 3.47. The summed E-state index contributed by atoms with van der Waals surface area (Å²) in [6.07, 6.45) is 0. The summed E-state index contributed by atoms with van der Waals surface area (Å²) in [6.45, 7) is 6.24. The Balaban J connectivity index is 2.68. The second kappa shape index (κ2) is 5.87. The van der Waals surface area contributed by atoms with E-state index in [1.807, 2.05) is 25.1 Å². The zero-order chi connectivity index (χ0) is 12.1. The number of nitrogens with one attached hydrogen (secondary N) is 1. The van der Waals surface area contributed by atoms with Gasteiger partial charge in [-0.3, -0.25) is 0 Å². The Kier molecular flexibility index (Phi) is 4.77. The SMILES string of the molecule is COc1cccc(C(C)NC(C)C(C)N)c1. The Morgan fingerprint density at radius 2 is 1.94 bits per heavy atom. The molecule has 1 rings (SSSR count). The summed E-state index contributed by atoms with van der Waals surface area (Å²) in [7, 11) is 1.68. The van der Waals surface area contributed by atoms with Crippen molar-refractivity contribution in [2.45, 2.75) is 38.9 Å². The van der Waals surface area contributed by atoms with Crippen LogP contribution in [0, 0.1) is 0 Å². The average molecular weight is 222 g/mol. The third-order valence-corrected chi connectivity index (χ3v) is 2.90. The molecule has 0 radical (unpaired) electrons. The molecule has 3 atom stereocenters. The van der Waals surface area contributed by atoms with Crippen molar-refractivity contribution < 1.29 is 4.74 Å². The first-order valence-electron chi connectivity index (χ1n) is 5.70. The maximum Gasteiger partial charge on any atom is 0.119 e. The van der Waals surface area contributed by atoms with Crippen molar-refractivity contribution in [2.75, 3.05) is 7.11 Å². The fraction of sp³-hybridized carbons (Fsp3) is 0.538. The van der Waals surface area contributed by atoms with E-state index in [2.05, 4.69) is 25.2 Å². The van der Waals surface area contributed by atoms with Crippen molar-refractivity contribution >= 4 is 0 Å². The molecule has 0 saturated carbocycles. The van der Waals surface area contributed by atoms with E-state index in [1.54, 1.807) is 7.11 Å². The smallest absolute Gasteiger partial charge is 0.119 e. The van der Waals surface area contributed by atoms with E-state index in [0.29, 0.717) is 6.04 Å². The first kappa shape index (κ1) is 13.0. The molecule has 0 fully saturated rings. The molecule has 90 valence electrons. The summed E-state index contributed by atoms with van der Waals surface area (Å²) >= 11 is 0. The maximum atomic E-state index is 5.83. The summed E-state index contributed by atoms with van der Waals surface area (Å²) in [4.78, 5) is 0. The average Bonchev–Trinajstić information content (AvgIpc) is 2.28. The third kappa shape index (κ3) is 3.51. The highest BCUT2D eigenvalue weighted by Crippen LogP contribution is 2.19. The zero-order valence-electron chi connectivity index (χ0n) is 10.5. The van der Waals surface area contributed by atoms with Gasteiger partial charge in [0, 0.05) is 18.1 Å². The van der Waals surface area contributed by atoms with Crippen molar-refractivity contribution in [2.24, 2.45) is 5.73 Å². The van der Waals surface area contributed by atoms with Gasteiger partial charge in [-0.1, -0.05) is 12.1 Å². The molecule has 0 aromatic heterocycles. The largest absolute Gasteiger partial charge is 0.497 e. The summed E-state index contributed by atoms with van der Waals surface area (Å²) in [5.41, 5.74) is 7.05. The lowest BCUT2D eigenvalue weighted by Crippen LogP contribution is -2.41. The van der Waals surface area contributed by atoms with Crippen LogP contribution in [0.3, 0.4) is 0 Å². The van der Waals surface area contributed by atoms with Gasteiger partial charge >= 0.3 is 0 Å². The number of hydrogen-bond acceptors (Lipinski definition) is 3. The van der Waals surface area contributed by atoms with Gasteiger partial charge in [-0.15, -0.1) is 0 Å². The zero-order valence-corrected chi connectivity index (χ0v) is 10.5. The van der Waals surface area contributed by atoms with Gasteiger partial charge in [-0.25, -0.2) is 0 Å². The molecular formula is C13H22N2O. The van der Waals surface area contributed by atoms with Gasteiger partial charge in [-0.05, 0) is 38.5 Å². The minimum Gasteiger partial charge on any atom is -0.497 e. The highest BCUT2D eigenvalue weighted by Gasteiger charge is 2.12. The molecule has 3 nitrogen and oxygen atoms in total. The molecule has 0 amide bonds. The molecule has 0 aliphatic heterocycles. The number of nitrogens with two attached hydrogens (primary N) is 1. The Morgan fingerprint density at radius 3 is 2.50 bits per heavy atom. The van der Waals surface area contributed by atoms with Gasteiger partial charge < -0.3 is 15.8 Å². The van der Waals surface area contributed by atoms with Gasteiger partial charge in [0.2, 0.25) is 0 Å². The van der Waals surface area contributed by atoms with Crippen LogP contribution in [0.2, 0.25) is 0 Å². The van der Waals surface area contributed by atoms with Crippen LogP contribution in [0.5, 0.6) is 5.75 Å². The predicted molar refractivity (Wildman–Crippen MR) is 67.7 cm³/mol. The fourth-order valence-corrected chi connectivity index (χ4v) is 1.55. The van der Waals surface area contributed by atoms with Gasteiger partial charge in [0.05, 0.1) is 7.11 Å². The van der Waals surface area contributed by atoms with Crippen LogP contribution < -0.4 is 15.8 Å².